The van der Waals surface area contributed by atoms with Crippen molar-refractivity contribution in [3.05, 3.63) is 233 Å². The molecule has 0 atom stereocenters. The summed E-state index contributed by atoms with van der Waals surface area (Å²) in [7, 11) is 0. The average Bonchev–Trinajstić information content (AvgIpc) is 3.66. The van der Waals surface area contributed by atoms with Crippen LogP contribution in [0.1, 0.15) is 38.9 Å². The van der Waals surface area contributed by atoms with Gasteiger partial charge in [-0.05, 0) is 68.1 Å². The van der Waals surface area contributed by atoms with Crippen molar-refractivity contribution in [2.45, 2.75) is 11.1 Å². The Labute approximate surface area is 322 Å². The van der Waals surface area contributed by atoms with Crippen LogP contribution in [0.5, 0.6) is 0 Å². The predicted octanol–water partition coefficient (Wildman–Crippen LogP) is 9.84. The molecule has 2 aromatic heterocycles. The Morgan fingerprint density at radius 2 is 0.962 bits per heavy atom. The molecule has 0 radical (unpaired) electrons. The predicted molar refractivity (Wildman–Crippen MR) is 222 cm³/mol. The molecule has 8 rings (SSSR count). The molecule has 0 aliphatic carbocycles. The molecule has 0 aliphatic rings. The summed E-state index contributed by atoms with van der Waals surface area (Å²) in [5.74, 6) is 0.621. The normalized spacial score (nSPS) is 12.2. The fourth-order valence-corrected chi connectivity index (χ4v) is 8.05. The highest BCUT2D eigenvalue weighted by atomic mass is 127. The Bertz CT molecular complexity index is 2260. The van der Waals surface area contributed by atoms with Crippen LogP contribution in [-0.2, 0) is 11.1 Å². The minimum absolute atomic E-state index is 0.122. The van der Waals surface area contributed by atoms with Gasteiger partial charge in [-0.3, -0.25) is 0 Å². The number of pyridine rings is 1. The van der Waals surface area contributed by atoms with E-state index in [1.54, 1.807) is 6.08 Å². The zero-order chi connectivity index (χ0) is 36.1. The molecule has 0 amide bonds. The summed E-state index contributed by atoms with van der Waals surface area (Å²) < 4.78 is 2.80. The van der Waals surface area contributed by atoms with E-state index in [1.807, 2.05) is 47.1 Å². The lowest BCUT2D eigenvalue weighted by atomic mass is 9.77. The first-order valence-corrected chi connectivity index (χ1v) is 18.6. The molecule has 0 unspecified atom stereocenters. The lowest BCUT2D eigenvalue weighted by Gasteiger charge is -2.38. The average molecular weight is 802 g/mol. The van der Waals surface area contributed by atoms with E-state index < -0.39 is 11.1 Å². The van der Waals surface area contributed by atoms with Crippen LogP contribution >= 0.6 is 22.6 Å². The zero-order valence-electron chi connectivity index (χ0n) is 28.8. The molecule has 6 aromatic carbocycles. The van der Waals surface area contributed by atoms with Crippen LogP contribution in [0.3, 0.4) is 0 Å². The van der Waals surface area contributed by atoms with E-state index >= 15 is 0 Å². The van der Waals surface area contributed by atoms with Crippen molar-refractivity contribution < 1.29 is 5.11 Å². The number of aromatic nitrogens is 4. The minimum atomic E-state index is -0.942. The van der Waals surface area contributed by atoms with Gasteiger partial charge in [-0.2, -0.15) is 0 Å². The van der Waals surface area contributed by atoms with Crippen LogP contribution in [0, 0.1) is 0 Å². The standard InChI is InChI=1S/C46H36IN5O/c47-41(31-32-53)40-33-42(49-45(34-19-7-1-8-20-34,35-21-9-2-10-22-35)36-23-11-3-12-24-36)48-44-43(40)50-51-52(44)46(37-25-13-4-14-26-37,38-27-15-5-16-28-38)39-29-17-6-18-30-39/h1-31,33,53H,32H2,(H,48,49)/b41-31-. The van der Waals surface area contributed by atoms with Gasteiger partial charge in [-0.15, -0.1) is 5.10 Å². The molecule has 258 valence electrons. The second-order valence-corrected chi connectivity index (χ2v) is 13.9. The molecule has 0 spiro atoms. The Morgan fingerprint density at radius 3 is 1.34 bits per heavy atom. The number of anilines is 1. The van der Waals surface area contributed by atoms with Crippen LogP contribution in [0.4, 0.5) is 5.82 Å². The third-order valence-electron chi connectivity index (χ3n) is 9.77. The maximum Gasteiger partial charge on any atom is 0.182 e. The first-order valence-electron chi connectivity index (χ1n) is 17.5. The second-order valence-electron chi connectivity index (χ2n) is 12.7. The highest BCUT2D eigenvalue weighted by molar-refractivity contribution is 14.1. The smallest absolute Gasteiger partial charge is 0.182 e. The van der Waals surface area contributed by atoms with E-state index in [4.69, 9.17) is 15.3 Å². The Kier molecular flexibility index (Phi) is 9.67. The molecule has 53 heavy (non-hydrogen) atoms. The number of hydrogen-bond acceptors (Lipinski definition) is 5. The van der Waals surface area contributed by atoms with Gasteiger partial charge < -0.3 is 10.4 Å². The number of aliphatic hydroxyl groups is 1. The summed E-state index contributed by atoms with van der Waals surface area (Å²) in [6.07, 6.45) is 1.79. The second kappa shape index (κ2) is 15.0. The Morgan fingerprint density at radius 1 is 0.585 bits per heavy atom. The molecule has 7 heteroatoms. The van der Waals surface area contributed by atoms with Crippen LogP contribution in [0.25, 0.3) is 14.7 Å². The van der Waals surface area contributed by atoms with E-state index in [1.165, 1.54) is 0 Å². The van der Waals surface area contributed by atoms with E-state index in [-0.39, 0.29) is 6.61 Å². The van der Waals surface area contributed by atoms with Gasteiger partial charge in [0.05, 0.1) is 6.61 Å². The van der Waals surface area contributed by atoms with Crippen molar-refractivity contribution in [1.82, 2.24) is 20.0 Å². The van der Waals surface area contributed by atoms with Gasteiger partial charge in [0, 0.05) is 9.14 Å². The van der Waals surface area contributed by atoms with Crippen molar-refractivity contribution in [3.63, 3.8) is 0 Å². The SMILES string of the molecule is OC/C=C(\I)c1cc(NC(c2ccccc2)(c2ccccc2)c2ccccc2)nc2c1nnn2C(c1ccccc1)(c1ccccc1)c1ccccc1. The number of halogens is 1. The number of nitrogens with zero attached hydrogens (tertiary/aromatic N) is 4. The van der Waals surface area contributed by atoms with Crippen LogP contribution in [0.15, 0.2) is 194 Å². The fraction of sp³-hybridized carbons (Fsp3) is 0.0652. The molecule has 0 aliphatic heterocycles. The summed E-state index contributed by atoms with van der Waals surface area (Å²) in [5.41, 5.74) is 6.46. The Balaban J connectivity index is 1.47. The lowest BCUT2D eigenvalue weighted by molar-refractivity contribution is 0.343. The molecule has 0 saturated carbocycles. The summed E-state index contributed by atoms with van der Waals surface area (Å²) in [6, 6.07) is 64.7. The molecule has 6 nitrogen and oxygen atoms in total. The van der Waals surface area contributed by atoms with Gasteiger partial charge in [0.2, 0.25) is 0 Å². The van der Waals surface area contributed by atoms with E-state index in [9.17, 15) is 5.11 Å². The number of aliphatic hydroxyl groups excluding tert-OH is 1. The third-order valence-corrected chi connectivity index (χ3v) is 10.8. The topological polar surface area (TPSA) is 75.9 Å². The number of rotatable bonds is 11. The molecule has 8 aromatic rings. The lowest BCUT2D eigenvalue weighted by Crippen LogP contribution is -2.39. The monoisotopic (exact) mass is 801 g/mol. The molecular formula is C46H36IN5O. The molecule has 0 fully saturated rings. The van der Waals surface area contributed by atoms with Crippen LogP contribution in [-0.4, -0.2) is 31.7 Å². The molecule has 0 saturated heterocycles. The Hall–Kier alpha value is -5.90. The van der Waals surface area contributed by atoms with Crippen LogP contribution < -0.4 is 5.32 Å². The highest BCUT2D eigenvalue weighted by Gasteiger charge is 2.42. The first kappa shape index (κ1) is 34.2. The summed E-state index contributed by atoms with van der Waals surface area (Å²) in [5, 5.41) is 24.0. The van der Waals surface area contributed by atoms with Crippen molar-refractivity contribution >= 4 is 43.2 Å². The minimum Gasteiger partial charge on any atom is -0.392 e. The van der Waals surface area contributed by atoms with Crippen molar-refractivity contribution in [1.29, 1.82) is 0 Å². The quantitative estimate of drug-likeness (QED) is 0.101. The zero-order valence-corrected chi connectivity index (χ0v) is 31.0. The van der Waals surface area contributed by atoms with Gasteiger partial charge in [0.1, 0.15) is 22.4 Å². The van der Waals surface area contributed by atoms with Crippen molar-refractivity contribution in [2.24, 2.45) is 0 Å². The molecule has 0 bridgehead atoms. The molecular weight excluding hydrogens is 765 g/mol. The number of hydrogen-bond donors (Lipinski definition) is 2. The molecule has 2 heterocycles. The maximum atomic E-state index is 10.1. The largest absolute Gasteiger partial charge is 0.392 e. The molecule has 2 N–H and O–H groups in total. The fourth-order valence-electron chi connectivity index (χ4n) is 7.44. The van der Waals surface area contributed by atoms with Crippen LogP contribution in [0.2, 0.25) is 0 Å². The first-order chi connectivity index (χ1) is 26.2. The van der Waals surface area contributed by atoms with E-state index in [0.717, 1.165) is 42.5 Å². The summed E-state index contributed by atoms with van der Waals surface area (Å²) in [6.45, 7) is -0.122. The maximum absolute atomic E-state index is 10.1. The van der Waals surface area contributed by atoms with Gasteiger partial charge in [0.15, 0.2) is 5.65 Å². The number of fused-ring (bicyclic) bond motifs is 1. The third kappa shape index (κ3) is 6.11. The van der Waals surface area contributed by atoms with Crippen molar-refractivity contribution in [2.75, 3.05) is 11.9 Å². The van der Waals surface area contributed by atoms with E-state index in [2.05, 4.69) is 174 Å². The van der Waals surface area contributed by atoms with Crippen molar-refractivity contribution in [3.8, 4) is 0 Å². The van der Waals surface area contributed by atoms with Gasteiger partial charge >= 0.3 is 0 Å². The number of benzene rings is 6. The highest BCUT2D eigenvalue weighted by Crippen LogP contribution is 2.44. The van der Waals surface area contributed by atoms with Gasteiger partial charge in [-0.25, -0.2) is 9.67 Å². The van der Waals surface area contributed by atoms with Gasteiger partial charge in [-0.1, -0.05) is 187 Å². The summed E-state index contributed by atoms with van der Waals surface area (Å²) >= 11 is 2.28. The number of nitrogens with one attached hydrogen (secondary N) is 1. The van der Waals surface area contributed by atoms with E-state index in [0.29, 0.717) is 17.0 Å². The summed E-state index contributed by atoms with van der Waals surface area (Å²) in [4.78, 5) is 5.48. The van der Waals surface area contributed by atoms with Gasteiger partial charge in [0.25, 0.3) is 0 Å².